The largest absolute Gasteiger partial charge is 0.495 e. The number of halogens is 1. The van der Waals surface area contributed by atoms with Crippen LogP contribution in [0.1, 0.15) is 5.56 Å². The molecule has 0 unspecified atom stereocenters. The Hall–Kier alpha value is -2.18. The summed E-state index contributed by atoms with van der Waals surface area (Å²) in [6.45, 7) is 0.774. The average molecular weight is 348 g/mol. The molecule has 0 spiro atoms. The van der Waals surface area contributed by atoms with Crippen LogP contribution in [0.4, 0.5) is 5.69 Å². The molecule has 1 fully saturated rings. The molecule has 118 valence electrons. The second-order valence-electron chi connectivity index (χ2n) is 5.05. The normalized spacial score (nSPS) is 14.5. The topological polar surface area (TPSA) is 45.7 Å². The second-order valence-corrected chi connectivity index (χ2v) is 5.82. The van der Waals surface area contributed by atoms with E-state index in [0.29, 0.717) is 28.1 Å². The lowest BCUT2D eigenvalue weighted by molar-refractivity contribution is -0.116. The standard InChI is InChI=1S/C16H14ClN3O2S/c1-22-14-5-4-12(7-13(14)17)20-15(21)10-19(16(20)23)9-11-3-2-6-18-8-11/h2-8H,9-10H2,1H3. The van der Waals surface area contributed by atoms with Gasteiger partial charge in [-0.15, -0.1) is 0 Å². The van der Waals surface area contributed by atoms with Crippen LogP contribution in [0.3, 0.4) is 0 Å². The minimum atomic E-state index is -0.0832. The molecule has 0 aliphatic carbocycles. The Kier molecular flexibility index (Phi) is 4.45. The van der Waals surface area contributed by atoms with Crippen LogP contribution < -0.4 is 9.64 Å². The number of carbonyl (C=O) groups is 1. The van der Waals surface area contributed by atoms with Gasteiger partial charge in [0.2, 0.25) is 0 Å². The van der Waals surface area contributed by atoms with Gasteiger partial charge in [0.05, 0.1) is 17.8 Å². The van der Waals surface area contributed by atoms with Crippen molar-refractivity contribution in [1.29, 1.82) is 0 Å². The van der Waals surface area contributed by atoms with E-state index in [9.17, 15) is 4.79 Å². The van der Waals surface area contributed by atoms with E-state index >= 15 is 0 Å². The van der Waals surface area contributed by atoms with Crippen molar-refractivity contribution >= 4 is 40.5 Å². The lowest BCUT2D eigenvalue weighted by Crippen LogP contribution is -2.32. The maximum Gasteiger partial charge on any atom is 0.252 e. The molecule has 5 nitrogen and oxygen atoms in total. The molecule has 0 bridgehead atoms. The second kappa shape index (κ2) is 6.52. The number of ether oxygens (including phenoxy) is 1. The molecule has 1 amide bonds. The molecule has 7 heteroatoms. The average Bonchev–Trinajstić information content (AvgIpc) is 2.82. The first-order chi connectivity index (χ1) is 11.1. The third kappa shape index (κ3) is 3.13. The number of pyridine rings is 1. The molecular formula is C16H14ClN3O2S. The molecule has 1 saturated heterocycles. The number of thiocarbonyl (C=S) groups is 1. The Morgan fingerprint density at radius 2 is 2.22 bits per heavy atom. The summed E-state index contributed by atoms with van der Waals surface area (Å²) in [7, 11) is 1.54. The minimum absolute atomic E-state index is 0.0832. The smallest absolute Gasteiger partial charge is 0.252 e. The predicted octanol–water partition coefficient (Wildman–Crippen LogP) is 2.88. The van der Waals surface area contributed by atoms with Gasteiger partial charge in [-0.05, 0) is 42.0 Å². The van der Waals surface area contributed by atoms with Gasteiger partial charge >= 0.3 is 0 Å². The van der Waals surface area contributed by atoms with Crippen LogP contribution in [0.25, 0.3) is 0 Å². The SMILES string of the molecule is COc1ccc(N2C(=O)CN(Cc3cccnc3)C2=S)cc1Cl. The molecule has 0 saturated carbocycles. The maximum absolute atomic E-state index is 12.4. The summed E-state index contributed by atoms with van der Waals surface area (Å²) in [4.78, 5) is 19.8. The molecular weight excluding hydrogens is 334 g/mol. The van der Waals surface area contributed by atoms with E-state index in [0.717, 1.165) is 5.56 Å². The van der Waals surface area contributed by atoms with Crippen LogP contribution in [0.15, 0.2) is 42.7 Å². The highest BCUT2D eigenvalue weighted by atomic mass is 35.5. The predicted molar refractivity (Wildman–Crippen MR) is 92.7 cm³/mol. The van der Waals surface area contributed by atoms with Gasteiger partial charge in [0.1, 0.15) is 12.3 Å². The fourth-order valence-corrected chi connectivity index (χ4v) is 3.02. The third-order valence-corrected chi connectivity index (χ3v) is 4.26. The first kappa shape index (κ1) is 15.7. The first-order valence-corrected chi connectivity index (χ1v) is 7.73. The van der Waals surface area contributed by atoms with Crippen molar-refractivity contribution in [2.24, 2.45) is 0 Å². The summed E-state index contributed by atoms with van der Waals surface area (Å²) in [6.07, 6.45) is 3.47. The van der Waals surface area contributed by atoms with Crippen molar-refractivity contribution in [2.45, 2.75) is 6.54 Å². The summed E-state index contributed by atoms with van der Waals surface area (Å²) in [6, 6.07) is 8.97. The molecule has 1 aromatic heterocycles. The highest BCUT2D eigenvalue weighted by molar-refractivity contribution is 7.80. The molecule has 1 aliphatic heterocycles. The Bertz CT molecular complexity index is 754. The van der Waals surface area contributed by atoms with E-state index in [1.807, 2.05) is 17.0 Å². The Morgan fingerprint density at radius 3 is 2.87 bits per heavy atom. The molecule has 0 atom stereocenters. The van der Waals surface area contributed by atoms with Gasteiger partial charge in [0, 0.05) is 18.9 Å². The molecule has 0 radical (unpaired) electrons. The van der Waals surface area contributed by atoms with Gasteiger partial charge in [-0.25, -0.2) is 0 Å². The van der Waals surface area contributed by atoms with Crippen molar-refractivity contribution in [3.05, 3.63) is 53.3 Å². The molecule has 1 aliphatic rings. The Balaban J connectivity index is 1.83. The number of nitrogens with zero attached hydrogens (tertiary/aromatic N) is 3. The zero-order valence-corrected chi connectivity index (χ0v) is 14.0. The van der Waals surface area contributed by atoms with Crippen molar-refractivity contribution in [1.82, 2.24) is 9.88 Å². The number of hydrogen-bond donors (Lipinski definition) is 0. The zero-order chi connectivity index (χ0) is 16.4. The quantitative estimate of drug-likeness (QED) is 0.796. The van der Waals surface area contributed by atoms with Gasteiger partial charge in [-0.2, -0.15) is 0 Å². The fourth-order valence-electron chi connectivity index (χ4n) is 2.43. The number of benzene rings is 1. The molecule has 23 heavy (non-hydrogen) atoms. The van der Waals surface area contributed by atoms with Crippen LogP contribution in [0.5, 0.6) is 5.75 Å². The highest BCUT2D eigenvalue weighted by Gasteiger charge is 2.34. The summed E-state index contributed by atoms with van der Waals surface area (Å²) < 4.78 is 5.13. The number of hydrogen-bond acceptors (Lipinski definition) is 4. The lowest BCUT2D eigenvalue weighted by Gasteiger charge is -2.20. The van der Waals surface area contributed by atoms with Crippen LogP contribution in [-0.2, 0) is 11.3 Å². The molecule has 2 heterocycles. The van der Waals surface area contributed by atoms with Crippen molar-refractivity contribution in [2.75, 3.05) is 18.6 Å². The number of carbonyl (C=O) groups excluding carboxylic acids is 1. The monoisotopic (exact) mass is 347 g/mol. The molecule has 1 aromatic carbocycles. The fraction of sp³-hybridized carbons (Fsp3) is 0.188. The van der Waals surface area contributed by atoms with Crippen molar-refractivity contribution in [3.63, 3.8) is 0 Å². The van der Waals surface area contributed by atoms with Gasteiger partial charge in [-0.3, -0.25) is 14.7 Å². The summed E-state index contributed by atoms with van der Waals surface area (Å²) in [5.74, 6) is 0.473. The number of anilines is 1. The van der Waals surface area contributed by atoms with Crippen molar-refractivity contribution < 1.29 is 9.53 Å². The van der Waals surface area contributed by atoms with E-state index in [4.69, 9.17) is 28.6 Å². The maximum atomic E-state index is 12.4. The number of rotatable bonds is 4. The van der Waals surface area contributed by atoms with E-state index in [2.05, 4.69) is 4.98 Å². The van der Waals surface area contributed by atoms with Crippen molar-refractivity contribution in [3.8, 4) is 5.75 Å². The Labute approximate surface area is 144 Å². The zero-order valence-electron chi connectivity index (χ0n) is 12.4. The molecule has 0 N–H and O–H groups in total. The van der Waals surface area contributed by atoms with E-state index in [1.54, 1.807) is 37.7 Å². The van der Waals surface area contributed by atoms with E-state index < -0.39 is 0 Å². The van der Waals surface area contributed by atoms with Gasteiger partial charge in [0.25, 0.3) is 5.91 Å². The van der Waals surface area contributed by atoms with Gasteiger partial charge in [-0.1, -0.05) is 17.7 Å². The van der Waals surface area contributed by atoms with Crippen LogP contribution >= 0.6 is 23.8 Å². The number of aromatic nitrogens is 1. The van der Waals surface area contributed by atoms with Gasteiger partial charge in [0.15, 0.2) is 5.11 Å². The van der Waals surface area contributed by atoms with Gasteiger partial charge < -0.3 is 9.64 Å². The van der Waals surface area contributed by atoms with E-state index in [1.165, 1.54) is 4.90 Å². The van der Waals surface area contributed by atoms with Crippen LogP contribution in [0.2, 0.25) is 5.02 Å². The summed E-state index contributed by atoms with van der Waals surface area (Å²) in [5, 5.41) is 0.895. The van der Waals surface area contributed by atoms with Crippen LogP contribution in [0, 0.1) is 0 Å². The summed E-state index contributed by atoms with van der Waals surface area (Å²) >= 11 is 11.6. The third-order valence-electron chi connectivity index (χ3n) is 3.53. The highest BCUT2D eigenvalue weighted by Crippen LogP contribution is 2.31. The Morgan fingerprint density at radius 1 is 1.39 bits per heavy atom. The molecule has 3 rings (SSSR count). The van der Waals surface area contributed by atoms with E-state index in [-0.39, 0.29) is 12.5 Å². The molecule has 2 aromatic rings. The number of amides is 1. The summed E-state index contributed by atoms with van der Waals surface area (Å²) in [5.41, 5.74) is 1.64. The number of methoxy groups -OCH3 is 1. The first-order valence-electron chi connectivity index (χ1n) is 6.94. The lowest BCUT2D eigenvalue weighted by atomic mass is 10.3. The minimum Gasteiger partial charge on any atom is -0.495 e. The van der Waals surface area contributed by atoms with Crippen LogP contribution in [-0.4, -0.2) is 34.6 Å².